The topological polar surface area (TPSA) is 69.3 Å². The molecule has 0 spiro atoms. The number of thiocarbonyl (C=S) groups is 1. The van der Waals surface area contributed by atoms with E-state index in [4.69, 9.17) is 31.2 Å². The average molecular weight is 392 g/mol. The summed E-state index contributed by atoms with van der Waals surface area (Å²) >= 11 is 5.56. The van der Waals surface area contributed by atoms with Gasteiger partial charge in [-0.05, 0) is 25.2 Å². The maximum atomic E-state index is 12.9. The van der Waals surface area contributed by atoms with Crippen molar-refractivity contribution in [3.05, 3.63) is 36.4 Å². The van der Waals surface area contributed by atoms with Gasteiger partial charge in [0.25, 0.3) is 0 Å². The molecule has 3 unspecified atom stereocenters. The first-order chi connectivity index (χ1) is 13.0. The summed E-state index contributed by atoms with van der Waals surface area (Å²) in [5, 5.41) is 3.79. The average Bonchev–Trinajstić information content (AvgIpc) is 2.65. The van der Waals surface area contributed by atoms with Gasteiger partial charge in [-0.1, -0.05) is 24.8 Å². The summed E-state index contributed by atoms with van der Waals surface area (Å²) in [6.45, 7) is 6.47. The summed E-state index contributed by atoms with van der Waals surface area (Å²) < 4.78 is 22.5. The molecule has 1 aromatic carbocycles. The van der Waals surface area contributed by atoms with Gasteiger partial charge in [-0.25, -0.2) is 0 Å². The zero-order chi connectivity index (χ0) is 19.6. The third-order valence-electron chi connectivity index (χ3n) is 4.96. The van der Waals surface area contributed by atoms with E-state index in [1.807, 2.05) is 30.0 Å². The Hall–Kier alpha value is -2.32. The number of hydrogen-bond acceptors (Lipinski definition) is 6. The molecule has 2 bridgehead atoms. The number of benzene rings is 1. The molecule has 3 rings (SSSR count). The summed E-state index contributed by atoms with van der Waals surface area (Å²) in [7, 11) is 3.20. The quantitative estimate of drug-likeness (QED) is 0.429. The van der Waals surface area contributed by atoms with E-state index in [2.05, 4.69) is 11.9 Å². The molecule has 1 N–H and O–H groups in total. The van der Waals surface area contributed by atoms with Crippen molar-refractivity contribution in [3.63, 3.8) is 0 Å². The highest BCUT2D eigenvalue weighted by atomic mass is 32.1. The number of nitrogens with one attached hydrogen (secondary N) is 1. The van der Waals surface area contributed by atoms with E-state index in [-0.39, 0.29) is 12.6 Å². The van der Waals surface area contributed by atoms with Gasteiger partial charge in [-0.3, -0.25) is 4.79 Å². The first kappa shape index (κ1) is 19.4. The number of carbonyl (C=O) groups excluding carboxylic acids is 1. The third kappa shape index (κ3) is 3.23. The normalized spacial score (nSPS) is 25.7. The predicted molar refractivity (Wildman–Crippen MR) is 104 cm³/mol. The highest BCUT2D eigenvalue weighted by molar-refractivity contribution is 7.80. The Morgan fingerprint density at radius 1 is 1.48 bits per heavy atom. The molecule has 2 heterocycles. The lowest BCUT2D eigenvalue weighted by Gasteiger charge is -2.55. The fraction of sp³-hybridized carbons (Fsp3) is 0.474. The number of methoxy groups -OCH3 is 2. The van der Waals surface area contributed by atoms with E-state index in [0.717, 1.165) is 5.56 Å². The molecular weight excluding hydrogens is 368 g/mol. The Morgan fingerprint density at radius 3 is 2.93 bits per heavy atom. The Bertz CT molecular complexity index is 756. The number of para-hydroxylation sites is 1. The van der Waals surface area contributed by atoms with Crippen molar-refractivity contribution < 1.29 is 23.7 Å². The number of carbonyl (C=O) groups is 1. The van der Waals surface area contributed by atoms with Gasteiger partial charge in [0.2, 0.25) is 0 Å². The highest BCUT2D eigenvalue weighted by Gasteiger charge is 2.59. The summed E-state index contributed by atoms with van der Waals surface area (Å²) in [6.07, 6.45) is 1.54. The van der Waals surface area contributed by atoms with Crippen LogP contribution in [-0.4, -0.2) is 55.7 Å². The van der Waals surface area contributed by atoms with Crippen LogP contribution >= 0.6 is 12.2 Å². The summed E-state index contributed by atoms with van der Waals surface area (Å²) in [6, 6.07) is 5.19. The minimum atomic E-state index is -1.05. The molecule has 2 aliphatic heterocycles. The number of fused-ring (bicyclic) bond motifs is 4. The van der Waals surface area contributed by atoms with Crippen LogP contribution in [0.15, 0.2) is 30.9 Å². The van der Waals surface area contributed by atoms with E-state index in [1.54, 1.807) is 14.2 Å². The molecule has 2 aliphatic rings. The summed E-state index contributed by atoms with van der Waals surface area (Å²) in [5.41, 5.74) is -0.244. The lowest BCUT2D eigenvalue weighted by molar-refractivity contribution is -0.175. The van der Waals surface area contributed by atoms with Crippen molar-refractivity contribution in [2.24, 2.45) is 5.92 Å². The standard InChI is InChI=1S/C19H24N2O5S/c1-5-10-25-17(22)14-15-12-7-6-8-13(24-4)16(12)26-19(14,2)21(9-11-23-3)18(27)20-15/h5-8,14-15H,1,9-11H2,2-4H3,(H,20,27). The van der Waals surface area contributed by atoms with Crippen LogP contribution in [0.5, 0.6) is 11.5 Å². The van der Waals surface area contributed by atoms with Crippen LogP contribution < -0.4 is 14.8 Å². The molecule has 3 atom stereocenters. The zero-order valence-corrected chi connectivity index (χ0v) is 16.5. The van der Waals surface area contributed by atoms with E-state index in [0.29, 0.717) is 29.8 Å². The molecule has 146 valence electrons. The third-order valence-corrected chi connectivity index (χ3v) is 5.30. The first-order valence-corrected chi connectivity index (χ1v) is 9.09. The van der Waals surface area contributed by atoms with Crippen LogP contribution in [0.3, 0.4) is 0 Å². The fourth-order valence-corrected chi connectivity index (χ4v) is 4.09. The number of rotatable bonds is 7. The molecule has 7 nitrogen and oxygen atoms in total. The van der Waals surface area contributed by atoms with Gasteiger partial charge in [0.15, 0.2) is 22.3 Å². The van der Waals surface area contributed by atoms with Crippen LogP contribution in [0, 0.1) is 5.92 Å². The second kappa shape index (κ2) is 7.74. The number of ether oxygens (including phenoxy) is 4. The van der Waals surface area contributed by atoms with Gasteiger partial charge in [0, 0.05) is 19.2 Å². The maximum absolute atomic E-state index is 12.9. The Morgan fingerprint density at radius 2 is 2.26 bits per heavy atom. The summed E-state index contributed by atoms with van der Waals surface area (Å²) in [4.78, 5) is 14.8. The van der Waals surface area contributed by atoms with Crippen LogP contribution in [0.4, 0.5) is 0 Å². The van der Waals surface area contributed by atoms with Gasteiger partial charge < -0.3 is 29.2 Å². The SMILES string of the molecule is C=CCOC(=O)C1C2NC(=S)N(CCOC)C1(C)Oc1c(OC)cccc12. The maximum Gasteiger partial charge on any atom is 0.317 e. The Labute approximate surface area is 164 Å². The van der Waals surface area contributed by atoms with Crippen LogP contribution in [0.2, 0.25) is 0 Å². The summed E-state index contributed by atoms with van der Waals surface area (Å²) in [5.74, 6) is 0.175. The van der Waals surface area contributed by atoms with Crippen molar-refractivity contribution >= 4 is 23.3 Å². The van der Waals surface area contributed by atoms with Gasteiger partial charge in [-0.2, -0.15) is 0 Å². The fourth-order valence-electron chi connectivity index (χ4n) is 3.69. The van der Waals surface area contributed by atoms with Crippen LogP contribution in [0.1, 0.15) is 18.5 Å². The van der Waals surface area contributed by atoms with Crippen molar-refractivity contribution in [1.82, 2.24) is 10.2 Å². The van der Waals surface area contributed by atoms with Crippen molar-refractivity contribution in [1.29, 1.82) is 0 Å². The van der Waals surface area contributed by atoms with Crippen molar-refractivity contribution in [3.8, 4) is 11.5 Å². The monoisotopic (exact) mass is 392 g/mol. The minimum Gasteiger partial charge on any atom is -0.493 e. The molecule has 27 heavy (non-hydrogen) atoms. The van der Waals surface area contributed by atoms with Gasteiger partial charge >= 0.3 is 5.97 Å². The largest absolute Gasteiger partial charge is 0.493 e. The van der Waals surface area contributed by atoms with Gasteiger partial charge in [0.1, 0.15) is 12.5 Å². The number of nitrogens with zero attached hydrogens (tertiary/aromatic N) is 1. The minimum absolute atomic E-state index is 0.131. The van der Waals surface area contributed by atoms with Gasteiger partial charge in [0.05, 0.1) is 19.8 Å². The van der Waals surface area contributed by atoms with Crippen molar-refractivity contribution in [2.75, 3.05) is 34.0 Å². The Balaban J connectivity index is 2.10. The van der Waals surface area contributed by atoms with Crippen LogP contribution in [0.25, 0.3) is 0 Å². The van der Waals surface area contributed by atoms with Crippen LogP contribution in [-0.2, 0) is 14.3 Å². The Kier molecular flexibility index (Phi) is 5.57. The molecule has 8 heteroatoms. The zero-order valence-electron chi connectivity index (χ0n) is 15.7. The molecule has 1 fully saturated rings. The van der Waals surface area contributed by atoms with E-state index in [9.17, 15) is 4.79 Å². The van der Waals surface area contributed by atoms with E-state index >= 15 is 0 Å². The molecule has 1 saturated heterocycles. The second-order valence-corrected chi connectivity index (χ2v) is 6.89. The predicted octanol–water partition coefficient (Wildman–Crippen LogP) is 2.03. The molecule has 0 amide bonds. The molecule has 0 saturated carbocycles. The molecular formula is C19H24N2O5S. The highest BCUT2D eigenvalue weighted by Crippen LogP contribution is 2.51. The molecule has 0 radical (unpaired) electrons. The lowest BCUT2D eigenvalue weighted by atomic mass is 9.79. The first-order valence-electron chi connectivity index (χ1n) is 8.68. The second-order valence-electron chi connectivity index (χ2n) is 6.50. The number of esters is 1. The number of hydrogen-bond donors (Lipinski definition) is 1. The van der Waals surface area contributed by atoms with Crippen molar-refractivity contribution in [2.45, 2.75) is 18.7 Å². The molecule has 0 aliphatic carbocycles. The van der Waals surface area contributed by atoms with E-state index in [1.165, 1.54) is 6.08 Å². The smallest absolute Gasteiger partial charge is 0.317 e. The molecule has 1 aromatic rings. The van der Waals surface area contributed by atoms with E-state index < -0.39 is 17.7 Å². The molecule has 0 aromatic heterocycles. The lowest BCUT2D eigenvalue weighted by Crippen LogP contribution is -2.71. The van der Waals surface area contributed by atoms with Gasteiger partial charge in [-0.15, -0.1) is 0 Å².